The van der Waals surface area contributed by atoms with Crippen molar-refractivity contribution >= 4 is 0 Å². The van der Waals surface area contributed by atoms with Gasteiger partial charge in [0.15, 0.2) is 0 Å². The summed E-state index contributed by atoms with van der Waals surface area (Å²) in [5.74, 6) is 0. The van der Waals surface area contributed by atoms with Gasteiger partial charge in [-0.15, -0.1) is 0 Å². The minimum Gasteiger partial charge on any atom is -0.0620 e. The van der Waals surface area contributed by atoms with E-state index in [1.54, 1.807) is 22.3 Å². The lowest BCUT2D eigenvalue weighted by Crippen LogP contribution is -2.00. The third kappa shape index (κ3) is 14.1. The maximum absolute atomic E-state index is 2.26. The molecule has 0 N–H and O–H groups in total. The molecular formula is C29H46. The predicted molar refractivity (Wildman–Crippen MR) is 132 cm³/mol. The van der Waals surface area contributed by atoms with Crippen LogP contribution in [0.2, 0.25) is 0 Å². The van der Waals surface area contributed by atoms with Crippen molar-refractivity contribution in [1.82, 2.24) is 0 Å². The molecule has 0 heterocycles. The van der Waals surface area contributed by atoms with Crippen molar-refractivity contribution in [3.63, 3.8) is 0 Å². The van der Waals surface area contributed by atoms with E-state index in [4.69, 9.17) is 0 Å². The largest absolute Gasteiger partial charge is 0.0620 e. The summed E-state index contributed by atoms with van der Waals surface area (Å²) in [5.41, 5.74) is 7.29. The van der Waals surface area contributed by atoms with Gasteiger partial charge in [0.2, 0.25) is 0 Å². The molecule has 4 rings (SSSR count). The van der Waals surface area contributed by atoms with Gasteiger partial charge in [0.05, 0.1) is 0 Å². The van der Waals surface area contributed by atoms with Crippen LogP contribution in [0, 0.1) is 10.8 Å². The van der Waals surface area contributed by atoms with Crippen molar-refractivity contribution in [3.05, 3.63) is 70.8 Å². The van der Waals surface area contributed by atoms with E-state index in [-0.39, 0.29) is 0 Å². The third-order valence-electron chi connectivity index (χ3n) is 4.27. The van der Waals surface area contributed by atoms with Gasteiger partial charge in [0, 0.05) is 0 Å². The van der Waals surface area contributed by atoms with E-state index in [1.807, 2.05) is 0 Å². The number of fused-ring (bicyclic) bond motifs is 2. The second kappa shape index (κ2) is 12.2. The Morgan fingerprint density at radius 2 is 0.621 bits per heavy atom. The molecule has 0 radical (unpaired) electrons. The van der Waals surface area contributed by atoms with E-state index < -0.39 is 0 Å². The Balaban J connectivity index is 0.000000205. The average Bonchev–Trinajstić information content (AvgIpc) is 3.08. The van der Waals surface area contributed by atoms with Crippen molar-refractivity contribution in [2.45, 2.75) is 100 Å². The lowest BCUT2D eigenvalue weighted by atomic mass is 9.92. The van der Waals surface area contributed by atoms with Crippen LogP contribution >= 0.6 is 0 Å². The van der Waals surface area contributed by atoms with Gasteiger partial charge < -0.3 is 0 Å². The van der Waals surface area contributed by atoms with Crippen LogP contribution in [0.1, 0.15) is 96.9 Å². The maximum atomic E-state index is 2.26. The Bertz CT molecular complexity index is 622. The maximum Gasteiger partial charge on any atom is -0.0273 e. The van der Waals surface area contributed by atoms with Crippen LogP contribution in [0.5, 0.6) is 0 Å². The quantitative estimate of drug-likeness (QED) is 0.418. The van der Waals surface area contributed by atoms with Crippen LogP contribution in [0.3, 0.4) is 0 Å². The Hall–Kier alpha value is -1.56. The summed E-state index contributed by atoms with van der Waals surface area (Å²) in [6.45, 7) is 17.5. The molecule has 162 valence electrons. The molecule has 0 fully saturated rings. The molecular weight excluding hydrogens is 348 g/mol. The first-order valence-electron chi connectivity index (χ1n) is 11.6. The molecule has 0 aromatic heterocycles. The summed E-state index contributed by atoms with van der Waals surface area (Å²) in [6.07, 6.45) is 9.34. The SMILES string of the molecule is CC(C)(C)C.CC(C)(C)C.c1ccc2c(c1)CCC2.c1ccc2c(c1)CCCC2. The van der Waals surface area contributed by atoms with Gasteiger partial charge in [-0.2, -0.15) is 0 Å². The molecule has 0 spiro atoms. The van der Waals surface area contributed by atoms with Crippen molar-refractivity contribution < 1.29 is 0 Å². The lowest BCUT2D eigenvalue weighted by molar-refractivity contribution is 0.469. The van der Waals surface area contributed by atoms with Crippen LogP contribution in [0.4, 0.5) is 0 Å². The summed E-state index contributed by atoms with van der Waals surface area (Å²) < 4.78 is 0. The van der Waals surface area contributed by atoms with Gasteiger partial charge in [0.1, 0.15) is 0 Å². The highest BCUT2D eigenvalue weighted by molar-refractivity contribution is 5.30. The zero-order chi connectivity index (χ0) is 21.9. The Labute approximate surface area is 182 Å². The third-order valence-corrected chi connectivity index (χ3v) is 4.27. The first-order chi connectivity index (χ1) is 13.4. The highest BCUT2D eigenvalue weighted by Crippen LogP contribution is 2.20. The fourth-order valence-electron chi connectivity index (χ4n) is 3.19. The van der Waals surface area contributed by atoms with E-state index in [9.17, 15) is 0 Å². The van der Waals surface area contributed by atoms with Gasteiger partial charge in [0.25, 0.3) is 0 Å². The Morgan fingerprint density at radius 1 is 0.414 bits per heavy atom. The highest BCUT2D eigenvalue weighted by atomic mass is 14.1. The van der Waals surface area contributed by atoms with Crippen molar-refractivity contribution in [2.75, 3.05) is 0 Å². The van der Waals surface area contributed by atoms with E-state index >= 15 is 0 Å². The predicted octanol–water partition coefficient (Wildman–Crippen LogP) is 8.85. The van der Waals surface area contributed by atoms with Crippen LogP contribution in [-0.2, 0) is 25.7 Å². The standard InChI is InChI=1S/C10H12.C9H10.2C5H12/c1-2-6-10-8-4-3-7-9(10)5-1;1-2-5-9-7-3-6-8(9)4-1;2*1-5(2,3)4/h1-2,5-6H,3-4,7-8H2;1-2,4-5H,3,6-7H2;2*1-4H3. The Kier molecular flexibility index (Phi) is 10.7. The minimum absolute atomic E-state index is 0.500. The zero-order valence-electron chi connectivity index (χ0n) is 20.6. The molecule has 0 aliphatic heterocycles. The molecule has 2 aromatic carbocycles. The van der Waals surface area contributed by atoms with Gasteiger partial charge in [-0.25, -0.2) is 0 Å². The van der Waals surface area contributed by atoms with Crippen LogP contribution in [0.15, 0.2) is 48.5 Å². The first kappa shape index (κ1) is 25.5. The molecule has 0 bridgehead atoms. The second-order valence-electron chi connectivity index (χ2n) is 11.6. The molecule has 0 heteroatoms. The Morgan fingerprint density at radius 3 is 0.862 bits per heavy atom. The molecule has 2 aromatic rings. The summed E-state index contributed by atoms with van der Waals surface area (Å²) in [4.78, 5) is 0. The number of rotatable bonds is 0. The summed E-state index contributed by atoms with van der Waals surface area (Å²) in [6, 6.07) is 17.5. The number of aryl methyl sites for hydroxylation is 4. The molecule has 0 unspecified atom stereocenters. The molecule has 0 saturated carbocycles. The number of hydrogen-bond acceptors (Lipinski definition) is 0. The fraction of sp³-hybridized carbons (Fsp3) is 0.586. The molecule has 29 heavy (non-hydrogen) atoms. The van der Waals surface area contributed by atoms with Crippen LogP contribution in [0.25, 0.3) is 0 Å². The second-order valence-corrected chi connectivity index (χ2v) is 11.6. The zero-order valence-corrected chi connectivity index (χ0v) is 20.6. The van der Waals surface area contributed by atoms with Crippen molar-refractivity contribution in [2.24, 2.45) is 10.8 Å². The van der Waals surface area contributed by atoms with Gasteiger partial charge in [-0.1, -0.05) is 104 Å². The lowest BCUT2D eigenvalue weighted by Gasteiger charge is -2.13. The van der Waals surface area contributed by atoms with E-state index in [2.05, 4.69) is 104 Å². The molecule has 2 aliphatic rings. The van der Waals surface area contributed by atoms with E-state index in [0.29, 0.717) is 10.8 Å². The molecule has 2 aliphatic carbocycles. The first-order valence-corrected chi connectivity index (χ1v) is 11.6. The minimum atomic E-state index is 0.500. The van der Waals surface area contributed by atoms with E-state index in [1.165, 1.54) is 44.9 Å². The summed E-state index contributed by atoms with van der Waals surface area (Å²) >= 11 is 0. The topological polar surface area (TPSA) is 0 Å². The molecule has 0 saturated heterocycles. The van der Waals surface area contributed by atoms with E-state index in [0.717, 1.165) is 0 Å². The normalized spacial score (nSPS) is 14.6. The summed E-state index contributed by atoms with van der Waals surface area (Å²) in [5, 5.41) is 0. The van der Waals surface area contributed by atoms with Gasteiger partial charge in [-0.3, -0.25) is 0 Å². The van der Waals surface area contributed by atoms with Crippen LogP contribution < -0.4 is 0 Å². The smallest absolute Gasteiger partial charge is 0.0273 e. The fourth-order valence-corrected chi connectivity index (χ4v) is 3.19. The molecule has 0 nitrogen and oxygen atoms in total. The van der Waals surface area contributed by atoms with Gasteiger partial charge in [-0.05, 0) is 78.0 Å². The average molecular weight is 395 g/mol. The molecule has 0 atom stereocenters. The number of benzene rings is 2. The monoisotopic (exact) mass is 394 g/mol. The molecule has 0 amide bonds. The van der Waals surface area contributed by atoms with Gasteiger partial charge >= 0.3 is 0 Å². The van der Waals surface area contributed by atoms with Crippen molar-refractivity contribution in [3.8, 4) is 0 Å². The highest BCUT2D eigenvalue weighted by Gasteiger charge is 2.07. The summed E-state index contributed by atoms with van der Waals surface area (Å²) in [7, 11) is 0. The number of hydrogen-bond donors (Lipinski definition) is 0. The van der Waals surface area contributed by atoms with Crippen LogP contribution in [-0.4, -0.2) is 0 Å². The van der Waals surface area contributed by atoms with Crippen molar-refractivity contribution in [1.29, 1.82) is 0 Å².